The second-order valence-corrected chi connectivity index (χ2v) is 7.94. The van der Waals surface area contributed by atoms with Crippen molar-refractivity contribution in [3.05, 3.63) is 58.9 Å². The molecule has 0 spiro atoms. The number of fused-ring (bicyclic) bond motifs is 1. The normalized spacial score (nSPS) is 10.8. The molecule has 0 aliphatic rings. The van der Waals surface area contributed by atoms with Gasteiger partial charge in [0.25, 0.3) is 5.56 Å². The van der Waals surface area contributed by atoms with Gasteiger partial charge in [0, 0.05) is 5.56 Å². The monoisotopic (exact) mass is 481 g/mol. The molecule has 10 nitrogen and oxygen atoms in total. The smallest absolute Gasteiger partial charge is 0.290 e. The maximum Gasteiger partial charge on any atom is 0.290 e. The van der Waals surface area contributed by atoms with Gasteiger partial charge in [-0.05, 0) is 43.3 Å². The van der Waals surface area contributed by atoms with Crippen LogP contribution in [0, 0.1) is 0 Å². The molecule has 34 heavy (non-hydrogen) atoms. The number of hydrogen-bond acceptors (Lipinski definition) is 8. The van der Waals surface area contributed by atoms with Crippen molar-refractivity contribution in [2.24, 2.45) is 0 Å². The van der Waals surface area contributed by atoms with E-state index in [0.717, 1.165) is 17.3 Å². The van der Waals surface area contributed by atoms with Crippen molar-refractivity contribution in [2.45, 2.75) is 12.1 Å². The Morgan fingerprint density at radius 3 is 2.65 bits per heavy atom. The molecule has 2 aromatic carbocycles. The van der Waals surface area contributed by atoms with Crippen LogP contribution in [0.2, 0.25) is 0 Å². The van der Waals surface area contributed by atoms with E-state index in [1.54, 1.807) is 44.6 Å². The van der Waals surface area contributed by atoms with Gasteiger partial charge in [-0.25, -0.2) is 9.61 Å². The molecule has 0 atom stereocenters. The molecule has 0 bridgehead atoms. The zero-order chi connectivity index (χ0) is 24.1. The Kier molecular flexibility index (Phi) is 7.02. The lowest BCUT2D eigenvalue weighted by Gasteiger charge is -2.11. The molecule has 0 radical (unpaired) electrons. The van der Waals surface area contributed by atoms with Crippen LogP contribution in [0.1, 0.15) is 6.92 Å². The summed E-state index contributed by atoms with van der Waals surface area (Å²) >= 11 is 1.15. The Hall–Kier alpha value is -3.99. The molecule has 2 N–H and O–H groups in total. The third-order valence-corrected chi connectivity index (χ3v) is 5.78. The molecule has 176 valence electrons. The second kappa shape index (κ2) is 10.3. The molecule has 0 saturated heterocycles. The average Bonchev–Trinajstić information content (AvgIpc) is 3.31. The number of carbonyl (C=O) groups is 1. The number of aromatic amines is 1. The number of nitrogens with one attached hydrogen (secondary N) is 2. The van der Waals surface area contributed by atoms with Crippen molar-refractivity contribution in [3.63, 3.8) is 0 Å². The third kappa shape index (κ3) is 4.84. The number of thioether (sulfide) groups is 1. The molecule has 2 aromatic heterocycles. The lowest BCUT2D eigenvalue weighted by atomic mass is 10.1. The Morgan fingerprint density at radius 1 is 1.09 bits per heavy atom. The zero-order valence-corrected chi connectivity index (χ0v) is 19.6. The minimum atomic E-state index is -0.390. The maximum absolute atomic E-state index is 12.6. The number of aromatic nitrogens is 4. The number of benzene rings is 2. The Morgan fingerprint density at radius 2 is 1.88 bits per heavy atom. The van der Waals surface area contributed by atoms with Crippen LogP contribution in [0.4, 0.5) is 5.69 Å². The van der Waals surface area contributed by atoms with Gasteiger partial charge in [-0.3, -0.25) is 9.59 Å². The van der Waals surface area contributed by atoms with Crippen molar-refractivity contribution in [1.82, 2.24) is 19.8 Å². The summed E-state index contributed by atoms with van der Waals surface area (Å²) in [5, 5.41) is 14.3. The van der Waals surface area contributed by atoms with Gasteiger partial charge >= 0.3 is 0 Å². The average molecular weight is 482 g/mol. The molecule has 0 saturated carbocycles. The van der Waals surface area contributed by atoms with Crippen LogP contribution < -0.4 is 25.1 Å². The topological polar surface area (TPSA) is 120 Å². The van der Waals surface area contributed by atoms with Crippen LogP contribution in [-0.4, -0.2) is 52.3 Å². The summed E-state index contributed by atoms with van der Waals surface area (Å²) in [5.41, 5.74) is 1.80. The zero-order valence-electron chi connectivity index (χ0n) is 18.8. The molecular weight excluding hydrogens is 458 g/mol. The molecule has 0 aliphatic heterocycles. The van der Waals surface area contributed by atoms with E-state index in [2.05, 4.69) is 20.6 Å². The van der Waals surface area contributed by atoms with Crippen LogP contribution in [0.5, 0.6) is 17.2 Å². The Labute approximate surface area is 199 Å². The Bertz CT molecular complexity index is 1380. The molecule has 11 heteroatoms. The van der Waals surface area contributed by atoms with Crippen LogP contribution in [0.15, 0.2) is 58.5 Å². The molecule has 2 heterocycles. The van der Waals surface area contributed by atoms with E-state index in [1.165, 1.54) is 4.52 Å². The van der Waals surface area contributed by atoms with E-state index >= 15 is 0 Å². The minimum Gasteiger partial charge on any atom is -0.493 e. The summed E-state index contributed by atoms with van der Waals surface area (Å²) in [4.78, 5) is 24.9. The highest BCUT2D eigenvalue weighted by Crippen LogP contribution is 2.32. The van der Waals surface area contributed by atoms with Gasteiger partial charge in [0.15, 0.2) is 11.5 Å². The number of amides is 1. The molecule has 1 amide bonds. The summed E-state index contributed by atoms with van der Waals surface area (Å²) in [6, 6.07) is 14.2. The SMILES string of the molecule is CCOc1ccccc1NC(=O)CSc1n[nH]c(=O)c2cc(-c3ccc(OC)c(OC)c3)nn12. The summed E-state index contributed by atoms with van der Waals surface area (Å²) in [6.07, 6.45) is 0. The van der Waals surface area contributed by atoms with Crippen molar-refractivity contribution in [2.75, 3.05) is 31.9 Å². The number of nitrogens with zero attached hydrogens (tertiary/aromatic N) is 3. The van der Waals surface area contributed by atoms with Gasteiger partial charge in [-0.1, -0.05) is 23.9 Å². The fraction of sp³-hybridized carbons (Fsp3) is 0.217. The number of rotatable bonds is 9. The number of carbonyl (C=O) groups excluding carboxylic acids is 1. The van der Waals surface area contributed by atoms with Crippen molar-refractivity contribution < 1.29 is 19.0 Å². The molecule has 0 aliphatic carbocycles. The minimum absolute atomic E-state index is 0.0557. The highest BCUT2D eigenvalue weighted by atomic mass is 32.2. The quantitative estimate of drug-likeness (QED) is 0.350. The van der Waals surface area contributed by atoms with Gasteiger partial charge in [0.2, 0.25) is 11.1 Å². The fourth-order valence-corrected chi connectivity index (χ4v) is 3.99. The van der Waals surface area contributed by atoms with Crippen LogP contribution in [0.3, 0.4) is 0 Å². The van der Waals surface area contributed by atoms with Gasteiger partial charge in [-0.15, -0.1) is 5.10 Å². The van der Waals surface area contributed by atoms with Crippen LogP contribution in [-0.2, 0) is 4.79 Å². The van der Waals surface area contributed by atoms with E-state index in [4.69, 9.17) is 14.2 Å². The second-order valence-electron chi connectivity index (χ2n) is 7.00. The number of ether oxygens (including phenoxy) is 3. The fourth-order valence-electron chi connectivity index (χ4n) is 3.29. The summed E-state index contributed by atoms with van der Waals surface area (Å²) in [6.45, 7) is 2.37. The lowest BCUT2D eigenvalue weighted by Crippen LogP contribution is -2.17. The molecule has 4 rings (SSSR count). The van der Waals surface area contributed by atoms with Gasteiger partial charge in [-0.2, -0.15) is 5.10 Å². The standard InChI is InChI=1S/C23H23N5O5S/c1-4-33-18-8-6-5-7-15(18)24-21(29)13-34-23-26-25-22(30)17-12-16(27-28(17)23)14-9-10-19(31-2)20(11-14)32-3/h5-12H,4,13H2,1-3H3,(H,24,29)(H,25,30). The van der Waals surface area contributed by atoms with E-state index in [0.29, 0.717) is 45.9 Å². The van der Waals surface area contributed by atoms with Gasteiger partial charge in [0.05, 0.1) is 38.0 Å². The van der Waals surface area contributed by atoms with Crippen molar-refractivity contribution in [3.8, 4) is 28.5 Å². The predicted octanol–water partition coefficient (Wildman–Crippen LogP) is 3.23. The number of H-pyrrole nitrogens is 1. The number of anilines is 1. The number of para-hydroxylation sites is 2. The van der Waals surface area contributed by atoms with E-state index in [-0.39, 0.29) is 11.7 Å². The van der Waals surface area contributed by atoms with E-state index < -0.39 is 5.56 Å². The maximum atomic E-state index is 12.6. The van der Waals surface area contributed by atoms with Crippen LogP contribution in [0.25, 0.3) is 16.8 Å². The third-order valence-electron chi connectivity index (χ3n) is 4.85. The predicted molar refractivity (Wildman–Crippen MR) is 129 cm³/mol. The first-order valence-electron chi connectivity index (χ1n) is 10.4. The molecule has 0 unspecified atom stereocenters. The number of methoxy groups -OCH3 is 2. The van der Waals surface area contributed by atoms with Gasteiger partial charge in [0.1, 0.15) is 11.3 Å². The van der Waals surface area contributed by atoms with E-state index in [9.17, 15) is 9.59 Å². The Balaban J connectivity index is 1.56. The molecular formula is C23H23N5O5S. The highest BCUT2D eigenvalue weighted by Gasteiger charge is 2.16. The van der Waals surface area contributed by atoms with Gasteiger partial charge < -0.3 is 19.5 Å². The molecule has 0 fully saturated rings. The van der Waals surface area contributed by atoms with E-state index in [1.807, 2.05) is 25.1 Å². The highest BCUT2D eigenvalue weighted by molar-refractivity contribution is 7.99. The molecule has 4 aromatic rings. The summed E-state index contributed by atoms with van der Waals surface area (Å²) in [5.74, 6) is 1.54. The largest absolute Gasteiger partial charge is 0.493 e. The summed E-state index contributed by atoms with van der Waals surface area (Å²) in [7, 11) is 3.11. The van der Waals surface area contributed by atoms with Crippen molar-refractivity contribution >= 4 is 28.9 Å². The first kappa shape index (κ1) is 23.2. The lowest BCUT2D eigenvalue weighted by molar-refractivity contribution is -0.113. The summed E-state index contributed by atoms with van der Waals surface area (Å²) < 4.78 is 17.6. The van der Waals surface area contributed by atoms with Crippen LogP contribution >= 0.6 is 11.8 Å². The van der Waals surface area contributed by atoms with Crippen molar-refractivity contribution in [1.29, 1.82) is 0 Å². The first-order chi connectivity index (χ1) is 16.5. The first-order valence-corrected chi connectivity index (χ1v) is 11.4. The number of hydrogen-bond donors (Lipinski definition) is 2.